The van der Waals surface area contributed by atoms with Crippen LogP contribution in [-0.4, -0.2) is 18.4 Å². The third-order valence-electron chi connectivity index (χ3n) is 3.81. The Balaban J connectivity index is 1.93. The Morgan fingerprint density at radius 3 is 2.12 bits per heavy atom. The summed E-state index contributed by atoms with van der Waals surface area (Å²) in [5.74, 6) is -0.546. The first-order chi connectivity index (χ1) is 11.9. The van der Waals surface area contributed by atoms with Crippen molar-refractivity contribution in [2.45, 2.75) is 34.2 Å². The van der Waals surface area contributed by atoms with Crippen LogP contribution in [0.2, 0.25) is 0 Å². The van der Waals surface area contributed by atoms with Crippen molar-refractivity contribution in [1.29, 1.82) is 0 Å². The molecule has 0 aromatic heterocycles. The number of rotatable bonds is 5. The second-order valence-corrected chi connectivity index (χ2v) is 5.99. The standard InChI is InChI=1S/C20H24N2O3/c1-5-25-17-8-6-16(7-9-17)12-21-19(23)20(24)22-18-14(3)10-13(2)11-15(18)4/h6-11H,5,12H2,1-4H3,(H,21,23)(H,22,24). The van der Waals surface area contributed by atoms with Crippen LogP contribution in [0.1, 0.15) is 29.2 Å². The van der Waals surface area contributed by atoms with E-state index in [1.54, 1.807) is 0 Å². The smallest absolute Gasteiger partial charge is 0.313 e. The molecule has 0 saturated heterocycles. The zero-order valence-electron chi connectivity index (χ0n) is 15.1. The first-order valence-electron chi connectivity index (χ1n) is 8.29. The molecule has 0 saturated carbocycles. The molecule has 2 rings (SSSR count). The van der Waals surface area contributed by atoms with Crippen molar-refractivity contribution in [3.8, 4) is 5.75 Å². The number of amides is 2. The van der Waals surface area contributed by atoms with Crippen molar-refractivity contribution in [3.05, 3.63) is 58.7 Å². The van der Waals surface area contributed by atoms with Crippen molar-refractivity contribution in [2.24, 2.45) is 0 Å². The lowest BCUT2D eigenvalue weighted by Crippen LogP contribution is -2.35. The van der Waals surface area contributed by atoms with Crippen LogP contribution in [0.5, 0.6) is 5.75 Å². The van der Waals surface area contributed by atoms with Gasteiger partial charge in [0.2, 0.25) is 0 Å². The zero-order valence-corrected chi connectivity index (χ0v) is 15.1. The molecule has 25 heavy (non-hydrogen) atoms. The largest absolute Gasteiger partial charge is 0.494 e. The SMILES string of the molecule is CCOc1ccc(CNC(=O)C(=O)Nc2c(C)cc(C)cc2C)cc1. The average Bonchev–Trinajstić information content (AvgIpc) is 2.57. The van der Waals surface area contributed by atoms with Gasteiger partial charge in [-0.15, -0.1) is 0 Å². The second-order valence-electron chi connectivity index (χ2n) is 5.99. The van der Waals surface area contributed by atoms with Gasteiger partial charge in [-0.05, 0) is 56.5 Å². The number of carbonyl (C=O) groups excluding carboxylic acids is 2. The molecule has 5 heteroatoms. The van der Waals surface area contributed by atoms with Gasteiger partial charge >= 0.3 is 11.8 Å². The number of carbonyl (C=O) groups is 2. The number of aryl methyl sites for hydroxylation is 3. The summed E-state index contributed by atoms with van der Waals surface area (Å²) in [6.07, 6.45) is 0. The maximum atomic E-state index is 12.1. The fourth-order valence-electron chi connectivity index (χ4n) is 2.68. The number of anilines is 1. The van der Waals surface area contributed by atoms with Crippen LogP contribution in [0, 0.1) is 20.8 Å². The van der Waals surface area contributed by atoms with E-state index in [0.29, 0.717) is 12.3 Å². The number of hydrogen-bond donors (Lipinski definition) is 2. The van der Waals surface area contributed by atoms with Gasteiger partial charge in [0.15, 0.2) is 0 Å². The van der Waals surface area contributed by atoms with Gasteiger partial charge in [0.05, 0.1) is 6.61 Å². The molecule has 0 heterocycles. The Morgan fingerprint density at radius 2 is 1.56 bits per heavy atom. The molecule has 0 atom stereocenters. The molecule has 0 spiro atoms. The number of nitrogens with one attached hydrogen (secondary N) is 2. The molecular weight excluding hydrogens is 316 g/mol. The molecular formula is C20H24N2O3. The normalized spacial score (nSPS) is 10.2. The number of ether oxygens (including phenoxy) is 1. The molecule has 5 nitrogen and oxygen atoms in total. The maximum absolute atomic E-state index is 12.1. The minimum absolute atomic E-state index is 0.282. The predicted octanol–water partition coefficient (Wildman–Crippen LogP) is 3.27. The summed E-state index contributed by atoms with van der Waals surface area (Å²) >= 11 is 0. The Bertz CT molecular complexity index is 744. The van der Waals surface area contributed by atoms with Crippen molar-refractivity contribution in [2.75, 3.05) is 11.9 Å². The number of benzene rings is 2. The fourth-order valence-corrected chi connectivity index (χ4v) is 2.68. The Morgan fingerprint density at radius 1 is 0.960 bits per heavy atom. The summed E-state index contributed by atoms with van der Waals surface area (Å²) in [7, 11) is 0. The predicted molar refractivity (Wildman–Crippen MR) is 98.7 cm³/mol. The lowest BCUT2D eigenvalue weighted by atomic mass is 10.1. The van der Waals surface area contributed by atoms with Crippen LogP contribution in [0.15, 0.2) is 36.4 Å². The van der Waals surface area contributed by atoms with Crippen LogP contribution >= 0.6 is 0 Å². The third kappa shape index (κ3) is 5.08. The molecule has 0 radical (unpaired) electrons. The van der Waals surface area contributed by atoms with E-state index in [4.69, 9.17) is 4.74 Å². The minimum Gasteiger partial charge on any atom is -0.494 e. The van der Waals surface area contributed by atoms with Gasteiger partial charge < -0.3 is 15.4 Å². The van der Waals surface area contributed by atoms with Gasteiger partial charge in [-0.3, -0.25) is 9.59 Å². The fraction of sp³-hybridized carbons (Fsp3) is 0.300. The topological polar surface area (TPSA) is 67.4 Å². The van der Waals surface area contributed by atoms with Crippen molar-refractivity contribution < 1.29 is 14.3 Å². The highest BCUT2D eigenvalue weighted by Gasteiger charge is 2.15. The van der Waals surface area contributed by atoms with E-state index in [1.807, 2.05) is 64.1 Å². The van der Waals surface area contributed by atoms with E-state index in [1.165, 1.54) is 0 Å². The first kappa shape index (κ1) is 18.5. The second kappa shape index (κ2) is 8.33. The molecule has 0 aliphatic rings. The monoisotopic (exact) mass is 340 g/mol. The molecule has 0 aliphatic carbocycles. The summed E-state index contributed by atoms with van der Waals surface area (Å²) in [6, 6.07) is 11.3. The molecule has 0 aliphatic heterocycles. The van der Waals surface area contributed by atoms with Crippen LogP contribution in [0.25, 0.3) is 0 Å². The van der Waals surface area contributed by atoms with E-state index in [2.05, 4.69) is 10.6 Å². The minimum atomic E-state index is -0.666. The van der Waals surface area contributed by atoms with E-state index in [9.17, 15) is 9.59 Å². The summed E-state index contributed by atoms with van der Waals surface area (Å²) in [5.41, 5.74) is 4.57. The lowest BCUT2D eigenvalue weighted by Gasteiger charge is -2.13. The molecule has 2 amide bonds. The van der Waals surface area contributed by atoms with Gasteiger partial charge in [-0.2, -0.15) is 0 Å². The van der Waals surface area contributed by atoms with Crippen LogP contribution in [0.4, 0.5) is 5.69 Å². The van der Waals surface area contributed by atoms with E-state index >= 15 is 0 Å². The summed E-state index contributed by atoms with van der Waals surface area (Å²) in [5, 5.41) is 5.33. The quantitative estimate of drug-likeness (QED) is 0.821. The van der Waals surface area contributed by atoms with Gasteiger partial charge in [-0.1, -0.05) is 29.8 Å². The molecule has 132 valence electrons. The van der Waals surface area contributed by atoms with Gasteiger partial charge in [0.25, 0.3) is 0 Å². The Kier molecular flexibility index (Phi) is 6.17. The summed E-state index contributed by atoms with van der Waals surface area (Å²) in [4.78, 5) is 24.2. The van der Waals surface area contributed by atoms with Crippen molar-refractivity contribution in [3.63, 3.8) is 0 Å². The number of hydrogen-bond acceptors (Lipinski definition) is 3. The van der Waals surface area contributed by atoms with Crippen LogP contribution in [0.3, 0.4) is 0 Å². The highest BCUT2D eigenvalue weighted by Crippen LogP contribution is 2.21. The van der Waals surface area contributed by atoms with E-state index in [0.717, 1.165) is 28.0 Å². The van der Waals surface area contributed by atoms with E-state index in [-0.39, 0.29) is 6.54 Å². The highest BCUT2D eigenvalue weighted by molar-refractivity contribution is 6.39. The molecule has 0 unspecified atom stereocenters. The first-order valence-corrected chi connectivity index (χ1v) is 8.29. The summed E-state index contributed by atoms with van der Waals surface area (Å²) in [6.45, 7) is 8.62. The molecule has 0 fully saturated rings. The van der Waals surface area contributed by atoms with Gasteiger partial charge in [0, 0.05) is 12.2 Å². The average molecular weight is 340 g/mol. The molecule has 2 aromatic rings. The van der Waals surface area contributed by atoms with Crippen LogP contribution < -0.4 is 15.4 Å². The zero-order chi connectivity index (χ0) is 18.4. The molecule has 2 N–H and O–H groups in total. The van der Waals surface area contributed by atoms with Crippen molar-refractivity contribution >= 4 is 17.5 Å². The van der Waals surface area contributed by atoms with Gasteiger partial charge in [-0.25, -0.2) is 0 Å². The van der Waals surface area contributed by atoms with Gasteiger partial charge in [0.1, 0.15) is 5.75 Å². The Labute approximate surface area is 148 Å². The highest BCUT2D eigenvalue weighted by atomic mass is 16.5. The van der Waals surface area contributed by atoms with E-state index < -0.39 is 11.8 Å². The lowest BCUT2D eigenvalue weighted by molar-refractivity contribution is -0.136. The maximum Gasteiger partial charge on any atom is 0.313 e. The Hall–Kier alpha value is -2.82. The molecule has 0 bridgehead atoms. The summed E-state index contributed by atoms with van der Waals surface area (Å²) < 4.78 is 5.37. The van der Waals surface area contributed by atoms with Crippen LogP contribution in [-0.2, 0) is 16.1 Å². The molecule has 2 aromatic carbocycles. The third-order valence-corrected chi connectivity index (χ3v) is 3.81. The van der Waals surface area contributed by atoms with Crippen molar-refractivity contribution in [1.82, 2.24) is 5.32 Å².